The fraction of sp³-hybridized carbons (Fsp3) is 0.412. The minimum atomic E-state index is -1.02. The van der Waals surface area contributed by atoms with Crippen LogP contribution in [0.5, 0.6) is 5.75 Å². The number of nitrogens with one attached hydrogen (secondary N) is 1. The number of rotatable bonds is 8. The Morgan fingerprint density at radius 2 is 2.08 bits per heavy atom. The molecule has 1 unspecified atom stereocenters. The van der Waals surface area contributed by atoms with E-state index < -0.39 is 11.2 Å². The maximum atomic E-state index is 11.6. The van der Waals surface area contributed by atoms with Crippen LogP contribution >= 0.6 is 11.8 Å². The lowest BCUT2D eigenvalue weighted by Gasteiger charge is -2.06. The summed E-state index contributed by atoms with van der Waals surface area (Å²) in [5, 5.41) is 19.1. The van der Waals surface area contributed by atoms with Gasteiger partial charge in [-0.05, 0) is 43.2 Å². The van der Waals surface area contributed by atoms with E-state index >= 15 is 0 Å². The quantitative estimate of drug-likeness (QED) is 0.420. The number of unbranched alkanes of at least 4 members (excludes halogenated alkanes) is 1. The standard InChI is InChI=1S/C17H21N3O4S/c1-3-4-9-24-13-7-5-12(6-8-13)11(2)19-20-17-18-16(23)14(25-17)10-15(21)22/h5-8,14H,3-4,9-10H2,1-2H3,(H,21,22)(H,18,20,23). The van der Waals surface area contributed by atoms with Crippen LogP contribution in [-0.4, -0.2) is 39.7 Å². The summed E-state index contributed by atoms with van der Waals surface area (Å²) in [5.41, 5.74) is 1.58. The predicted molar refractivity (Wildman–Crippen MR) is 98.3 cm³/mol. The van der Waals surface area contributed by atoms with Crippen LogP contribution in [0, 0.1) is 0 Å². The highest BCUT2D eigenvalue weighted by Crippen LogP contribution is 2.22. The highest BCUT2D eigenvalue weighted by Gasteiger charge is 2.32. The van der Waals surface area contributed by atoms with Gasteiger partial charge in [0.1, 0.15) is 11.0 Å². The van der Waals surface area contributed by atoms with Crippen molar-refractivity contribution in [2.24, 2.45) is 10.2 Å². The molecule has 1 atom stereocenters. The molecule has 2 rings (SSSR count). The van der Waals surface area contributed by atoms with Gasteiger partial charge in [-0.1, -0.05) is 25.1 Å². The van der Waals surface area contributed by atoms with Crippen LogP contribution in [0.25, 0.3) is 0 Å². The van der Waals surface area contributed by atoms with Crippen molar-refractivity contribution in [1.29, 1.82) is 0 Å². The zero-order valence-electron chi connectivity index (χ0n) is 14.2. The number of ether oxygens (including phenoxy) is 1. The molecule has 0 saturated carbocycles. The fourth-order valence-corrected chi connectivity index (χ4v) is 2.96. The molecule has 1 amide bonds. The molecular weight excluding hydrogens is 342 g/mol. The first-order valence-electron chi connectivity index (χ1n) is 8.04. The smallest absolute Gasteiger partial charge is 0.305 e. The number of amidine groups is 1. The highest BCUT2D eigenvalue weighted by molar-refractivity contribution is 8.15. The summed E-state index contributed by atoms with van der Waals surface area (Å²) in [6.07, 6.45) is 1.87. The largest absolute Gasteiger partial charge is 0.494 e. The van der Waals surface area contributed by atoms with Crippen molar-refractivity contribution in [1.82, 2.24) is 5.32 Å². The minimum absolute atomic E-state index is 0.238. The minimum Gasteiger partial charge on any atom is -0.494 e. The van der Waals surface area contributed by atoms with Crippen LogP contribution in [0.15, 0.2) is 34.5 Å². The summed E-state index contributed by atoms with van der Waals surface area (Å²) in [6.45, 7) is 4.63. The summed E-state index contributed by atoms with van der Waals surface area (Å²) in [5.74, 6) is -0.561. The van der Waals surface area contributed by atoms with Crippen LogP contribution in [0.2, 0.25) is 0 Å². The Balaban J connectivity index is 1.97. The molecule has 1 heterocycles. The predicted octanol–water partition coefficient (Wildman–Crippen LogP) is 2.65. The summed E-state index contributed by atoms with van der Waals surface area (Å²) in [6, 6.07) is 7.56. The lowest BCUT2D eigenvalue weighted by molar-refractivity contribution is -0.138. The lowest BCUT2D eigenvalue weighted by Crippen LogP contribution is -2.26. The molecule has 1 aliphatic heterocycles. The van der Waals surface area contributed by atoms with E-state index in [9.17, 15) is 9.59 Å². The van der Waals surface area contributed by atoms with E-state index in [-0.39, 0.29) is 12.3 Å². The van der Waals surface area contributed by atoms with Gasteiger partial charge in [-0.25, -0.2) is 0 Å². The Bertz CT molecular complexity index is 686. The van der Waals surface area contributed by atoms with Gasteiger partial charge in [-0.15, -0.1) is 5.10 Å². The van der Waals surface area contributed by atoms with Crippen molar-refractivity contribution in [2.75, 3.05) is 6.61 Å². The van der Waals surface area contributed by atoms with Crippen LogP contribution in [0.1, 0.15) is 38.7 Å². The third kappa shape index (κ3) is 5.90. The van der Waals surface area contributed by atoms with E-state index in [0.717, 1.165) is 35.9 Å². The number of carboxylic acids is 1. The van der Waals surface area contributed by atoms with Gasteiger partial charge in [0.2, 0.25) is 5.91 Å². The second-order valence-corrected chi connectivity index (χ2v) is 6.70. The monoisotopic (exact) mass is 363 g/mol. The molecule has 0 aromatic heterocycles. The number of hydrogen-bond acceptors (Lipinski definition) is 6. The number of hydrogen-bond donors (Lipinski definition) is 2. The molecule has 25 heavy (non-hydrogen) atoms. The third-order valence-corrected chi connectivity index (χ3v) is 4.54. The zero-order chi connectivity index (χ0) is 18.2. The van der Waals surface area contributed by atoms with E-state index in [4.69, 9.17) is 9.84 Å². The first kappa shape index (κ1) is 19.0. The number of carbonyl (C=O) groups excluding carboxylic acids is 1. The number of carbonyl (C=O) groups is 2. The van der Waals surface area contributed by atoms with Gasteiger partial charge in [0.15, 0.2) is 5.17 Å². The average Bonchev–Trinajstić information content (AvgIpc) is 2.92. The highest BCUT2D eigenvalue weighted by atomic mass is 32.2. The van der Waals surface area contributed by atoms with Gasteiger partial charge >= 0.3 is 5.97 Å². The molecule has 2 N–H and O–H groups in total. The second kappa shape index (κ2) is 9.22. The molecule has 0 aliphatic carbocycles. The molecular formula is C17H21N3O4S. The molecule has 1 saturated heterocycles. The Morgan fingerprint density at radius 3 is 2.72 bits per heavy atom. The van der Waals surface area contributed by atoms with E-state index in [0.29, 0.717) is 17.5 Å². The van der Waals surface area contributed by atoms with Gasteiger partial charge in [-0.3, -0.25) is 9.59 Å². The number of carboxylic acid groups (broad SMARTS) is 1. The maximum absolute atomic E-state index is 11.6. The van der Waals surface area contributed by atoms with Crippen LogP contribution in [0.4, 0.5) is 0 Å². The summed E-state index contributed by atoms with van der Waals surface area (Å²) >= 11 is 1.08. The molecule has 0 bridgehead atoms. The van der Waals surface area contributed by atoms with E-state index in [1.54, 1.807) is 0 Å². The second-order valence-electron chi connectivity index (χ2n) is 5.51. The average molecular weight is 363 g/mol. The van der Waals surface area contributed by atoms with E-state index in [2.05, 4.69) is 22.4 Å². The SMILES string of the molecule is CCCCOc1ccc(C(C)=N/N=C2\NC(=O)C(CC(=O)O)S2)cc1. The molecule has 0 spiro atoms. The molecule has 8 heteroatoms. The maximum Gasteiger partial charge on any atom is 0.305 e. The lowest BCUT2D eigenvalue weighted by atomic mass is 10.1. The first-order valence-corrected chi connectivity index (χ1v) is 8.92. The van der Waals surface area contributed by atoms with Crippen LogP contribution in [0.3, 0.4) is 0 Å². The number of thioether (sulfide) groups is 1. The van der Waals surface area contributed by atoms with Crippen LogP contribution in [-0.2, 0) is 9.59 Å². The molecule has 1 fully saturated rings. The van der Waals surface area contributed by atoms with Gasteiger partial charge in [0.05, 0.1) is 18.7 Å². The van der Waals surface area contributed by atoms with Gasteiger partial charge < -0.3 is 15.2 Å². The first-order chi connectivity index (χ1) is 12.0. The van der Waals surface area contributed by atoms with E-state index in [1.165, 1.54) is 0 Å². The third-order valence-electron chi connectivity index (χ3n) is 3.47. The molecule has 1 aromatic carbocycles. The van der Waals surface area contributed by atoms with E-state index in [1.807, 2.05) is 31.2 Å². The summed E-state index contributed by atoms with van der Waals surface area (Å²) in [7, 11) is 0. The van der Waals surface area contributed by atoms with Gasteiger partial charge in [-0.2, -0.15) is 5.10 Å². The normalized spacial score (nSPS) is 19.1. The van der Waals surface area contributed by atoms with Gasteiger partial charge in [0, 0.05) is 0 Å². The number of benzene rings is 1. The fourth-order valence-electron chi connectivity index (χ4n) is 2.05. The number of nitrogens with zero attached hydrogens (tertiary/aromatic N) is 2. The topological polar surface area (TPSA) is 100 Å². The summed E-state index contributed by atoms with van der Waals surface area (Å²) < 4.78 is 5.61. The van der Waals surface area contributed by atoms with Crippen molar-refractivity contribution in [3.8, 4) is 5.75 Å². The Kier molecular flexibility index (Phi) is 7.00. The summed E-state index contributed by atoms with van der Waals surface area (Å²) in [4.78, 5) is 22.3. The Hall–Kier alpha value is -2.35. The Labute approximate surface area is 150 Å². The molecule has 7 nitrogen and oxygen atoms in total. The zero-order valence-corrected chi connectivity index (χ0v) is 15.0. The van der Waals surface area contributed by atoms with Crippen molar-refractivity contribution in [3.63, 3.8) is 0 Å². The molecule has 0 radical (unpaired) electrons. The number of aliphatic carboxylic acids is 1. The molecule has 1 aromatic rings. The number of amides is 1. The van der Waals surface area contributed by atoms with Crippen molar-refractivity contribution in [3.05, 3.63) is 29.8 Å². The Morgan fingerprint density at radius 1 is 1.36 bits per heavy atom. The van der Waals surface area contributed by atoms with Gasteiger partial charge in [0.25, 0.3) is 0 Å². The van der Waals surface area contributed by atoms with Crippen molar-refractivity contribution < 1.29 is 19.4 Å². The van der Waals surface area contributed by atoms with Crippen LogP contribution < -0.4 is 10.1 Å². The molecule has 134 valence electrons. The van der Waals surface area contributed by atoms with Crippen molar-refractivity contribution >= 4 is 34.5 Å². The molecule has 1 aliphatic rings. The van der Waals surface area contributed by atoms with Crippen molar-refractivity contribution in [2.45, 2.75) is 38.4 Å².